The Hall–Kier alpha value is -8.47. The van der Waals surface area contributed by atoms with Crippen molar-refractivity contribution in [3.63, 3.8) is 0 Å². The van der Waals surface area contributed by atoms with Crippen LogP contribution in [0.1, 0.15) is 22.3 Å². The monoisotopic (exact) mass is 815 g/mol. The Labute approximate surface area is 369 Å². The van der Waals surface area contributed by atoms with Gasteiger partial charge in [-0.3, -0.25) is 0 Å². The van der Waals surface area contributed by atoms with E-state index in [4.69, 9.17) is 19.4 Å². The minimum Gasteiger partial charge on any atom is -0.455 e. The first-order chi connectivity index (χ1) is 31.7. The summed E-state index contributed by atoms with van der Waals surface area (Å²) in [6, 6.07) is 79.9. The molecule has 0 radical (unpaired) electrons. The number of nitrogens with zero attached hydrogens (tertiary/aromatic N) is 3. The van der Waals surface area contributed by atoms with Gasteiger partial charge in [0.15, 0.2) is 17.5 Å². The van der Waals surface area contributed by atoms with Gasteiger partial charge in [0.2, 0.25) is 0 Å². The van der Waals surface area contributed by atoms with E-state index in [1.54, 1.807) is 0 Å². The normalized spacial score (nSPS) is 12.8. The van der Waals surface area contributed by atoms with Gasteiger partial charge in [0, 0.05) is 21.9 Å². The van der Waals surface area contributed by atoms with Crippen molar-refractivity contribution in [3.05, 3.63) is 247 Å². The quantitative estimate of drug-likeness (QED) is 0.157. The molecule has 0 atom stereocenters. The summed E-state index contributed by atoms with van der Waals surface area (Å²) in [5.74, 6) is 1.74. The maximum atomic E-state index is 6.57. The number of hydrogen-bond acceptors (Lipinski definition) is 4. The molecule has 4 nitrogen and oxygen atoms in total. The van der Waals surface area contributed by atoms with Crippen molar-refractivity contribution in [2.24, 2.45) is 0 Å². The maximum absolute atomic E-state index is 6.57. The smallest absolute Gasteiger partial charge is 0.167 e. The summed E-state index contributed by atoms with van der Waals surface area (Å²) in [4.78, 5) is 15.8. The van der Waals surface area contributed by atoms with Crippen molar-refractivity contribution in [1.82, 2.24) is 15.0 Å². The number of furan rings is 1. The van der Waals surface area contributed by atoms with Crippen LogP contribution in [-0.4, -0.2) is 15.0 Å². The van der Waals surface area contributed by atoms with Gasteiger partial charge < -0.3 is 4.42 Å². The molecule has 64 heavy (non-hydrogen) atoms. The zero-order valence-electron chi connectivity index (χ0n) is 34.6. The predicted molar refractivity (Wildman–Crippen MR) is 261 cm³/mol. The van der Waals surface area contributed by atoms with Crippen molar-refractivity contribution < 1.29 is 4.42 Å². The van der Waals surface area contributed by atoms with Gasteiger partial charge in [-0.25, -0.2) is 15.0 Å². The van der Waals surface area contributed by atoms with Gasteiger partial charge in [0.1, 0.15) is 11.2 Å². The van der Waals surface area contributed by atoms with E-state index in [2.05, 4.69) is 206 Å². The number of benzene rings is 10. The number of fused-ring (bicyclic) bond motifs is 9. The van der Waals surface area contributed by atoms with Crippen molar-refractivity contribution >= 4 is 43.5 Å². The molecule has 2 aromatic heterocycles. The number of hydrogen-bond donors (Lipinski definition) is 0. The third kappa shape index (κ3) is 5.46. The highest BCUT2D eigenvalue weighted by Gasteiger charge is 2.46. The summed E-state index contributed by atoms with van der Waals surface area (Å²) in [6.45, 7) is 0. The highest BCUT2D eigenvalue weighted by molar-refractivity contribution is 6.14. The van der Waals surface area contributed by atoms with Crippen LogP contribution < -0.4 is 0 Å². The maximum Gasteiger partial charge on any atom is 0.167 e. The Bertz CT molecular complexity index is 3740. The molecule has 0 bridgehead atoms. The Balaban J connectivity index is 1.01. The molecule has 298 valence electrons. The SMILES string of the molecule is c1ccc(C2(c3ccccc3)c3ccccc3-c3cc(-c4nc(-c5ccc(-c6cccc7ccc8ccccc8c67)cc5)nc(-c5cccc6c5oc5ccccc56)n4)ccc32)cc1. The standard InChI is InChI=1S/C60H37N3O/c1-3-17-43(18-4-1)60(44-19-5-2-6-20-44)52-27-11-9-22-47(52)51-37-42(35-36-53(51)60)58-61-57(62-59(63-58)50-26-14-25-49-48-23-10-12-28-54(48)64-56(49)50)41-33-30-39(31-34-41)46-24-13-16-40-32-29-38-15-7-8-21-45(38)55(40)46/h1-37H. The Morgan fingerprint density at radius 1 is 0.328 bits per heavy atom. The summed E-state index contributed by atoms with van der Waals surface area (Å²) >= 11 is 0. The zero-order chi connectivity index (χ0) is 42.2. The van der Waals surface area contributed by atoms with E-state index in [1.807, 2.05) is 18.2 Å². The summed E-state index contributed by atoms with van der Waals surface area (Å²) in [7, 11) is 0. The Kier molecular flexibility index (Phi) is 8.09. The molecule has 12 aromatic rings. The van der Waals surface area contributed by atoms with Crippen molar-refractivity contribution in [1.29, 1.82) is 0 Å². The van der Waals surface area contributed by atoms with E-state index >= 15 is 0 Å². The summed E-state index contributed by atoms with van der Waals surface area (Å²) in [5, 5.41) is 7.02. The number of rotatable bonds is 6. The highest BCUT2D eigenvalue weighted by atomic mass is 16.3. The molecule has 0 saturated carbocycles. The molecule has 0 saturated heterocycles. The predicted octanol–water partition coefficient (Wildman–Crippen LogP) is 15.1. The molecule has 0 N–H and O–H groups in total. The topological polar surface area (TPSA) is 51.8 Å². The van der Waals surface area contributed by atoms with Crippen LogP contribution in [0.2, 0.25) is 0 Å². The lowest BCUT2D eigenvalue weighted by Crippen LogP contribution is -2.28. The van der Waals surface area contributed by atoms with Crippen LogP contribution >= 0.6 is 0 Å². The molecule has 0 fully saturated rings. The van der Waals surface area contributed by atoms with Gasteiger partial charge in [-0.05, 0) is 84.3 Å². The summed E-state index contributed by atoms with van der Waals surface area (Å²) < 4.78 is 6.57. The summed E-state index contributed by atoms with van der Waals surface area (Å²) in [5.41, 5.74) is 13.3. The molecule has 1 aliphatic carbocycles. The fourth-order valence-corrected chi connectivity index (χ4v) is 10.4. The van der Waals surface area contributed by atoms with E-state index in [9.17, 15) is 0 Å². The van der Waals surface area contributed by atoms with Gasteiger partial charge >= 0.3 is 0 Å². The van der Waals surface area contributed by atoms with Gasteiger partial charge in [-0.15, -0.1) is 0 Å². The van der Waals surface area contributed by atoms with Crippen molar-refractivity contribution in [2.75, 3.05) is 0 Å². The van der Waals surface area contributed by atoms with Crippen LogP contribution in [0.4, 0.5) is 0 Å². The fraction of sp³-hybridized carbons (Fsp3) is 0.0167. The second-order valence-electron chi connectivity index (χ2n) is 16.6. The van der Waals surface area contributed by atoms with E-state index in [0.29, 0.717) is 17.5 Å². The zero-order valence-corrected chi connectivity index (χ0v) is 34.6. The molecule has 0 unspecified atom stereocenters. The first kappa shape index (κ1) is 36.2. The Morgan fingerprint density at radius 2 is 0.875 bits per heavy atom. The molecule has 1 aliphatic rings. The minimum atomic E-state index is -0.503. The highest BCUT2D eigenvalue weighted by Crippen LogP contribution is 2.56. The minimum absolute atomic E-state index is 0.503. The molecule has 2 heterocycles. The molecule has 10 aromatic carbocycles. The lowest BCUT2D eigenvalue weighted by atomic mass is 9.67. The van der Waals surface area contributed by atoms with Crippen molar-refractivity contribution in [2.45, 2.75) is 5.41 Å². The Morgan fingerprint density at radius 3 is 1.69 bits per heavy atom. The van der Waals surface area contributed by atoms with E-state index in [1.165, 1.54) is 54.9 Å². The van der Waals surface area contributed by atoms with E-state index < -0.39 is 5.41 Å². The van der Waals surface area contributed by atoms with Crippen LogP contribution in [0.25, 0.3) is 99.9 Å². The second kappa shape index (κ2) is 14.3. The van der Waals surface area contributed by atoms with E-state index in [-0.39, 0.29) is 0 Å². The van der Waals surface area contributed by atoms with Crippen molar-refractivity contribution in [3.8, 4) is 56.4 Å². The van der Waals surface area contributed by atoms with E-state index in [0.717, 1.165) is 49.8 Å². The number of aromatic nitrogens is 3. The second-order valence-corrected chi connectivity index (χ2v) is 16.6. The van der Waals surface area contributed by atoms with Crippen LogP contribution in [-0.2, 0) is 5.41 Å². The van der Waals surface area contributed by atoms with Gasteiger partial charge in [0.05, 0.1) is 11.0 Å². The molecular weight excluding hydrogens is 779 g/mol. The van der Waals surface area contributed by atoms with Crippen LogP contribution in [0.5, 0.6) is 0 Å². The van der Waals surface area contributed by atoms with Crippen LogP contribution in [0, 0.1) is 0 Å². The first-order valence-electron chi connectivity index (χ1n) is 21.8. The summed E-state index contributed by atoms with van der Waals surface area (Å²) in [6.07, 6.45) is 0. The molecular formula is C60H37N3O. The molecule has 4 heteroatoms. The largest absolute Gasteiger partial charge is 0.455 e. The molecule has 0 spiro atoms. The lowest BCUT2D eigenvalue weighted by Gasteiger charge is -2.33. The van der Waals surface area contributed by atoms with Gasteiger partial charge in [-0.2, -0.15) is 0 Å². The number of para-hydroxylation sites is 2. The van der Waals surface area contributed by atoms with Crippen LogP contribution in [0.3, 0.4) is 0 Å². The average Bonchev–Trinajstić information content (AvgIpc) is 3.90. The van der Waals surface area contributed by atoms with Gasteiger partial charge in [0.25, 0.3) is 0 Å². The third-order valence-electron chi connectivity index (χ3n) is 13.2. The molecule has 13 rings (SSSR count). The van der Waals surface area contributed by atoms with Gasteiger partial charge in [-0.1, -0.05) is 206 Å². The lowest BCUT2D eigenvalue weighted by molar-refractivity contribution is 0.669. The fourth-order valence-electron chi connectivity index (χ4n) is 10.4. The van der Waals surface area contributed by atoms with Crippen LogP contribution in [0.15, 0.2) is 229 Å². The third-order valence-corrected chi connectivity index (χ3v) is 13.2. The first-order valence-corrected chi connectivity index (χ1v) is 21.8. The molecule has 0 amide bonds. The average molecular weight is 816 g/mol. The molecule has 0 aliphatic heterocycles.